The molecule has 19 heavy (non-hydrogen) atoms. The van der Waals surface area contributed by atoms with Crippen molar-refractivity contribution in [3.8, 4) is 0 Å². The topological polar surface area (TPSA) is 38.7 Å². The van der Waals surface area contributed by atoms with Crippen molar-refractivity contribution >= 4 is 0 Å². The second kappa shape index (κ2) is 9.96. The van der Waals surface area contributed by atoms with Crippen LogP contribution in [-0.4, -0.2) is 38.6 Å². The van der Waals surface area contributed by atoms with E-state index < -0.39 is 0 Å². The zero-order chi connectivity index (χ0) is 13.9. The molecule has 0 saturated heterocycles. The molecule has 0 heterocycles. The number of methoxy groups -OCH3 is 1. The first-order valence-electron chi connectivity index (χ1n) is 6.99. The molecule has 1 atom stereocenters. The molecular formula is C16H26O3. The van der Waals surface area contributed by atoms with Gasteiger partial charge in [-0.15, -0.1) is 0 Å². The summed E-state index contributed by atoms with van der Waals surface area (Å²) < 4.78 is 10.3. The third-order valence-corrected chi connectivity index (χ3v) is 3.24. The summed E-state index contributed by atoms with van der Waals surface area (Å²) in [6.45, 7) is 4.37. The summed E-state index contributed by atoms with van der Waals surface area (Å²) in [6, 6.07) is 8.54. The maximum atomic E-state index is 9.42. The molecule has 0 spiro atoms. The fourth-order valence-electron chi connectivity index (χ4n) is 2.03. The lowest BCUT2D eigenvalue weighted by molar-refractivity contribution is 0.0657. The number of rotatable bonds is 10. The highest BCUT2D eigenvalue weighted by molar-refractivity contribution is 5.21. The Morgan fingerprint density at radius 3 is 2.47 bits per heavy atom. The van der Waals surface area contributed by atoms with Crippen LogP contribution in [0.25, 0.3) is 0 Å². The van der Waals surface area contributed by atoms with Crippen molar-refractivity contribution in [2.24, 2.45) is 5.92 Å². The van der Waals surface area contributed by atoms with Crippen molar-refractivity contribution in [1.29, 1.82) is 0 Å². The maximum absolute atomic E-state index is 9.42. The second-order valence-corrected chi connectivity index (χ2v) is 4.99. The van der Waals surface area contributed by atoms with Crippen LogP contribution in [0.2, 0.25) is 0 Å². The minimum absolute atomic E-state index is 0.242. The number of hydrogen-bond acceptors (Lipinski definition) is 3. The third kappa shape index (κ3) is 7.31. The van der Waals surface area contributed by atoms with Gasteiger partial charge in [-0.3, -0.25) is 0 Å². The lowest BCUT2D eigenvalue weighted by Crippen LogP contribution is -2.11. The minimum atomic E-state index is 0.242. The molecule has 0 aliphatic carbocycles. The first-order chi connectivity index (χ1) is 9.26. The lowest BCUT2D eigenvalue weighted by atomic mass is 9.95. The summed E-state index contributed by atoms with van der Waals surface area (Å²) in [4.78, 5) is 0. The Kier molecular flexibility index (Phi) is 8.47. The molecular weight excluding hydrogens is 240 g/mol. The van der Waals surface area contributed by atoms with Crippen LogP contribution in [0, 0.1) is 12.8 Å². The minimum Gasteiger partial charge on any atom is -0.396 e. The van der Waals surface area contributed by atoms with Crippen molar-refractivity contribution in [3.63, 3.8) is 0 Å². The van der Waals surface area contributed by atoms with E-state index >= 15 is 0 Å². The monoisotopic (exact) mass is 266 g/mol. The molecule has 0 amide bonds. The van der Waals surface area contributed by atoms with Gasteiger partial charge >= 0.3 is 0 Å². The highest BCUT2D eigenvalue weighted by Gasteiger charge is 2.08. The maximum Gasteiger partial charge on any atom is 0.0700 e. The Hall–Kier alpha value is -0.900. The molecule has 0 fully saturated rings. The van der Waals surface area contributed by atoms with Crippen molar-refractivity contribution < 1.29 is 14.6 Å². The van der Waals surface area contributed by atoms with E-state index in [0.29, 0.717) is 19.1 Å². The highest BCUT2D eigenvalue weighted by Crippen LogP contribution is 2.14. The molecule has 3 heteroatoms. The van der Waals surface area contributed by atoms with Gasteiger partial charge in [0.15, 0.2) is 0 Å². The van der Waals surface area contributed by atoms with Gasteiger partial charge in [-0.25, -0.2) is 0 Å². The smallest absolute Gasteiger partial charge is 0.0700 e. The number of benzene rings is 1. The molecule has 3 nitrogen and oxygen atoms in total. The predicted octanol–water partition coefficient (Wildman–Crippen LogP) is 2.59. The molecule has 1 N–H and O–H groups in total. The van der Waals surface area contributed by atoms with Crippen LogP contribution in [-0.2, 0) is 15.9 Å². The number of aryl methyl sites for hydroxylation is 1. The summed E-state index contributed by atoms with van der Waals surface area (Å²) in [6.07, 6.45) is 2.92. The van der Waals surface area contributed by atoms with Gasteiger partial charge in [-0.05, 0) is 37.7 Å². The Labute approximate surface area is 116 Å². The van der Waals surface area contributed by atoms with Crippen LogP contribution >= 0.6 is 0 Å². The molecule has 0 aromatic heterocycles. The molecule has 0 saturated carbocycles. The van der Waals surface area contributed by atoms with Gasteiger partial charge in [0.1, 0.15) is 0 Å². The van der Waals surface area contributed by atoms with Gasteiger partial charge in [-0.1, -0.05) is 29.8 Å². The van der Waals surface area contributed by atoms with Crippen molar-refractivity contribution in [2.45, 2.75) is 26.2 Å². The second-order valence-electron chi connectivity index (χ2n) is 4.99. The third-order valence-electron chi connectivity index (χ3n) is 3.24. The Balaban J connectivity index is 2.20. The van der Waals surface area contributed by atoms with Gasteiger partial charge in [-0.2, -0.15) is 0 Å². The standard InChI is InChI=1S/C16H26O3/c1-14-5-7-15(8-6-14)12-16(13-17)4-3-9-19-11-10-18-2/h5-8,16-17H,3-4,9-13H2,1-2H3. The van der Waals surface area contributed by atoms with Crippen LogP contribution in [0.5, 0.6) is 0 Å². The first-order valence-corrected chi connectivity index (χ1v) is 6.99. The molecule has 1 unspecified atom stereocenters. The zero-order valence-electron chi connectivity index (χ0n) is 12.1. The number of hydrogen-bond donors (Lipinski definition) is 1. The molecule has 0 radical (unpaired) electrons. The van der Waals surface area contributed by atoms with Gasteiger partial charge in [0, 0.05) is 20.3 Å². The molecule has 0 aliphatic rings. The van der Waals surface area contributed by atoms with Gasteiger partial charge in [0.25, 0.3) is 0 Å². The number of aliphatic hydroxyl groups excluding tert-OH is 1. The van der Waals surface area contributed by atoms with E-state index in [9.17, 15) is 5.11 Å². The average molecular weight is 266 g/mol. The normalized spacial score (nSPS) is 12.6. The SMILES string of the molecule is COCCOCCCC(CO)Cc1ccc(C)cc1. The molecule has 1 rings (SSSR count). The predicted molar refractivity (Wildman–Crippen MR) is 77.4 cm³/mol. The molecule has 108 valence electrons. The van der Waals surface area contributed by atoms with E-state index in [4.69, 9.17) is 9.47 Å². The highest BCUT2D eigenvalue weighted by atomic mass is 16.5. The number of ether oxygens (including phenoxy) is 2. The largest absolute Gasteiger partial charge is 0.396 e. The average Bonchev–Trinajstić information content (AvgIpc) is 2.43. The summed E-state index contributed by atoms with van der Waals surface area (Å²) in [5.74, 6) is 0.328. The van der Waals surface area contributed by atoms with E-state index in [2.05, 4.69) is 31.2 Å². The summed E-state index contributed by atoms with van der Waals surface area (Å²) >= 11 is 0. The number of aliphatic hydroxyl groups is 1. The molecule has 1 aromatic carbocycles. The van der Waals surface area contributed by atoms with E-state index in [1.807, 2.05) is 0 Å². The summed E-state index contributed by atoms with van der Waals surface area (Å²) in [7, 11) is 1.67. The summed E-state index contributed by atoms with van der Waals surface area (Å²) in [5.41, 5.74) is 2.57. The van der Waals surface area contributed by atoms with Crippen LogP contribution < -0.4 is 0 Å². The van der Waals surface area contributed by atoms with Crippen LogP contribution in [0.4, 0.5) is 0 Å². The fourth-order valence-corrected chi connectivity index (χ4v) is 2.03. The quantitative estimate of drug-likeness (QED) is 0.662. The van der Waals surface area contributed by atoms with E-state index in [0.717, 1.165) is 25.9 Å². The Morgan fingerprint density at radius 1 is 1.11 bits per heavy atom. The first kappa shape index (κ1) is 16.2. The van der Waals surface area contributed by atoms with Gasteiger partial charge in [0.05, 0.1) is 13.2 Å². The molecule has 0 bridgehead atoms. The van der Waals surface area contributed by atoms with Gasteiger partial charge < -0.3 is 14.6 Å². The van der Waals surface area contributed by atoms with E-state index in [-0.39, 0.29) is 6.61 Å². The zero-order valence-corrected chi connectivity index (χ0v) is 12.1. The van der Waals surface area contributed by atoms with Crippen LogP contribution in [0.1, 0.15) is 24.0 Å². The van der Waals surface area contributed by atoms with Crippen LogP contribution in [0.15, 0.2) is 24.3 Å². The Bertz CT molecular complexity index is 321. The summed E-state index contributed by atoms with van der Waals surface area (Å²) in [5, 5.41) is 9.42. The van der Waals surface area contributed by atoms with Crippen LogP contribution in [0.3, 0.4) is 0 Å². The van der Waals surface area contributed by atoms with Gasteiger partial charge in [0.2, 0.25) is 0 Å². The van der Waals surface area contributed by atoms with E-state index in [1.165, 1.54) is 11.1 Å². The molecule has 0 aliphatic heterocycles. The Morgan fingerprint density at radius 2 is 1.84 bits per heavy atom. The molecule has 1 aromatic rings. The fraction of sp³-hybridized carbons (Fsp3) is 0.625. The van der Waals surface area contributed by atoms with E-state index in [1.54, 1.807) is 7.11 Å². The lowest BCUT2D eigenvalue weighted by Gasteiger charge is -2.14. The van der Waals surface area contributed by atoms with Crippen molar-refractivity contribution in [3.05, 3.63) is 35.4 Å². The van der Waals surface area contributed by atoms with Crippen molar-refractivity contribution in [1.82, 2.24) is 0 Å². The van der Waals surface area contributed by atoms with Crippen molar-refractivity contribution in [2.75, 3.05) is 33.5 Å².